The van der Waals surface area contributed by atoms with E-state index in [1.807, 2.05) is 4.90 Å². The first kappa shape index (κ1) is 11.3. The van der Waals surface area contributed by atoms with Gasteiger partial charge in [0, 0.05) is 37.4 Å². The Balaban J connectivity index is 1.73. The van der Waals surface area contributed by atoms with E-state index in [-0.39, 0.29) is 17.9 Å². The third-order valence-electron chi connectivity index (χ3n) is 3.51. The second-order valence-corrected chi connectivity index (χ2v) is 5.06. The molecule has 0 radical (unpaired) electrons. The Morgan fingerprint density at radius 2 is 2.17 bits per heavy atom. The highest BCUT2D eigenvalue weighted by Gasteiger charge is 2.32. The molecular weight excluding hydrogens is 234 g/mol. The Bertz CT molecular complexity index is 530. The van der Waals surface area contributed by atoms with E-state index in [0.29, 0.717) is 24.9 Å². The Kier molecular flexibility index (Phi) is 2.57. The summed E-state index contributed by atoms with van der Waals surface area (Å²) in [7, 11) is 0. The molecule has 1 aliphatic heterocycles. The summed E-state index contributed by atoms with van der Waals surface area (Å²) in [5.41, 5.74) is -0.0474. The molecule has 0 aromatic carbocycles. The normalized spacial score (nSPS) is 19.7. The Labute approximate surface area is 104 Å². The molecule has 3 rings (SSSR count). The lowest BCUT2D eigenvalue weighted by Crippen LogP contribution is -2.50. The molecule has 2 heterocycles. The molecule has 0 unspecified atom stereocenters. The van der Waals surface area contributed by atoms with Gasteiger partial charge in [0.25, 0.3) is 5.56 Å². The zero-order valence-electron chi connectivity index (χ0n) is 9.95. The molecule has 1 N–H and O–H groups in total. The van der Waals surface area contributed by atoms with E-state index in [4.69, 9.17) is 5.11 Å². The maximum Gasteiger partial charge on any atom is 0.303 e. The first-order valence-corrected chi connectivity index (χ1v) is 6.19. The standard InChI is InChI=1S/C12H15N3O3/c16-10(17)5-8-6-14(7-8)11-12(18)15(4-3-13-11)9-1-2-9/h3-4,8-9H,1-2,5-7H2,(H,16,17). The fraction of sp³-hybridized carbons (Fsp3) is 0.583. The minimum atomic E-state index is -0.781. The first-order chi connectivity index (χ1) is 8.65. The molecule has 6 nitrogen and oxygen atoms in total. The number of carboxylic acid groups (broad SMARTS) is 1. The summed E-state index contributed by atoms with van der Waals surface area (Å²) in [5, 5.41) is 8.69. The van der Waals surface area contributed by atoms with Crippen molar-refractivity contribution in [2.24, 2.45) is 5.92 Å². The van der Waals surface area contributed by atoms with E-state index in [2.05, 4.69) is 4.98 Å². The smallest absolute Gasteiger partial charge is 0.303 e. The molecule has 96 valence electrons. The van der Waals surface area contributed by atoms with Crippen molar-refractivity contribution in [2.45, 2.75) is 25.3 Å². The van der Waals surface area contributed by atoms with Crippen LogP contribution in [0.15, 0.2) is 17.2 Å². The molecule has 1 saturated heterocycles. The summed E-state index contributed by atoms with van der Waals surface area (Å²) in [6.07, 6.45) is 5.67. The van der Waals surface area contributed by atoms with Gasteiger partial charge in [0.1, 0.15) is 0 Å². The SMILES string of the molecule is O=C(O)CC1CN(c2nccn(C3CC3)c2=O)C1. The van der Waals surface area contributed by atoms with Gasteiger partial charge < -0.3 is 14.6 Å². The van der Waals surface area contributed by atoms with E-state index in [1.165, 1.54) is 0 Å². The predicted octanol–water partition coefficient (Wildman–Crippen LogP) is 0.489. The van der Waals surface area contributed by atoms with E-state index in [0.717, 1.165) is 12.8 Å². The zero-order chi connectivity index (χ0) is 12.7. The minimum Gasteiger partial charge on any atom is -0.481 e. The number of aromatic nitrogens is 2. The highest BCUT2D eigenvalue weighted by atomic mass is 16.4. The van der Waals surface area contributed by atoms with E-state index >= 15 is 0 Å². The lowest BCUT2D eigenvalue weighted by molar-refractivity contribution is -0.138. The molecule has 1 aliphatic carbocycles. The molecule has 0 amide bonds. The summed E-state index contributed by atoms with van der Waals surface area (Å²) in [6, 6.07) is 0.343. The van der Waals surface area contributed by atoms with Crippen LogP contribution in [0, 0.1) is 5.92 Å². The Morgan fingerprint density at radius 1 is 1.44 bits per heavy atom. The van der Waals surface area contributed by atoms with Crippen LogP contribution < -0.4 is 10.5 Å². The van der Waals surface area contributed by atoms with E-state index in [1.54, 1.807) is 17.0 Å². The average Bonchev–Trinajstić information content (AvgIpc) is 3.07. The number of hydrogen-bond donors (Lipinski definition) is 1. The van der Waals surface area contributed by atoms with Crippen LogP contribution in [0.3, 0.4) is 0 Å². The third kappa shape index (κ3) is 1.98. The van der Waals surface area contributed by atoms with Crippen LogP contribution >= 0.6 is 0 Å². The molecule has 0 atom stereocenters. The van der Waals surface area contributed by atoms with Gasteiger partial charge in [-0.2, -0.15) is 0 Å². The fourth-order valence-corrected chi connectivity index (χ4v) is 2.39. The molecule has 2 fully saturated rings. The maximum absolute atomic E-state index is 12.2. The van der Waals surface area contributed by atoms with Gasteiger partial charge >= 0.3 is 5.97 Å². The second-order valence-electron chi connectivity index (χ2n) is 5.06. The molecule has 0 spiro atoms. The topological polar surface area (TPSA) is 75.4 Å². The second kappa shape index (κ2) is 4.12. The molecule has 18 heavy (non-hydrogen) atoms. The van der Waals surface area contributed by atoms with Crippen molar-refractivity contribution in [3.8, 4) is 0 Å². The van der Waals surface area contributed by atoms with Gasteiger partial charge in [-0.15, -0.1) is 0 Å². The van der Waals surface area contributed by atoms with E-state index < -0.39 is 5.97 Å². The van der Waals surface area contributed by atoms with Gasteiger partial charge in [-0.05, 0) is 12.8 Å². The van der Waals surface area contributed by atoms with Crippen molar-refractivity contribution in [1.82, 2.24) is 9.55 Å². The Hall–Kier alpha value is -1.85. The molecular formula is C12H15N3O3. The highest BCUT2D eigenvalue weighted by molar-refractivity contribution is 5.67. The molecule has 0 bridgehead atoms. The summed E-state index contributed by atoms with van der Waals surface area (Å²) in [5.74, 6) is -0.180. The number of rotatable bonds is 4. The zero-order valence-corrected chi connectivity index (χ0v) is 9.95. The molecule has 1 aromatic heterocycles. The lowest BCUT2D eigenvalue weighted by Gasteiger charge is -2.38. The quantitative estimate of drug-likeness (QED) is 0.840. The average molecular weight is 249 g/mol. The largest absolute Gasteiger partial charge is 0.481 e. The van der Waals surface area contributed by atoms with Gasteiger partial charge in [0.05, 0.1) is 6.42 Å². The number of anilines is 1. The van der Waals surface area contributed by atoms with Crippen molar-refractivity contribution >= 4 is 11.8 Å². The predicted molar refractivity (Wildman–Crippen MR) is 64.7 cm³/mol. The molecule has 6 heteroatoms. The minimum absolute atomic E-state index is 0.0474. The monoisotopic (exact) mass is 249 g/mol. The van der Waals surface area contributed by atoms with Crippen molar-refractivity contribution in [3.05, 3.63) is 22.7 Å². The number of aliphatic carboxylic acids is 1. The lowest BCUT2D eigenvalue weighted by atomic mass is 9.97. The van der Waals surface area contributed by atoms with Crippen LogP contribution in [0.25, 0.3) is 0 Å². The highest BCUT2D eigenvalue weighted by Crippen LogP contribution is 2.33. The van der Waals surface area contributed by atoms with Crippen LogP contribution in [0.4, 0.5) is 5.82 Å². The van der Waals surface area contributed by atoms with Crippen molar-refractivity contribution < 1.29 is 9.90 Å². The fourth-order valence-electron chi connectivity index (χ4n) is 2.39. The van der Waals surface area contributed by atoms with Gasteiger partial charge in [-0.3, -0.25) is 9.59 Å². The van der Waals surface area contributed by atoms with Crippen LogP contribution in [0.1, 0.15) is 25.3 Å². The van der Waals surface area contributed by atoms with E-state index in [9.17, 15) is 9.59 Å². The number of hydrogen-bond acceptors (Lipinski definition) is 4. The van der Waals surface area contributed by atoms with Crippen LogP contribution in [0.5, 0.6) is 0 Å². The molecule has 1 saturated carbocycles. The summed E-state index contributed by atoms with van der Waals surface area (Å²) < 4.78 is 1.74. The Morgan fingerprint density at radius 3 is 2.78 bits per heavy atom. The van der Waals surface area contributed by atoms with Crippen LogP contribution in [0.2, 0.25) is 0 Å². The third-order valence-corrected chi connectivity index (χ3v) is 3.51. The van der Waals surface area contributed by atoms with Crippen molar-refractivity contribution in [3.63, 3.8) is 0 Å². The van der Waals surface area contributed by atoms with Crippen LogP contribution in [-0.4, -0.2) is 33.7 Å². The number of carbonyl (C=O) groups is 1. The number of carboxylic acids is 1. The summed E-state index contributed by atoms with van der Waals surface area (Å²) in [4.78, 5) is 28.7. The van der Waals surface area contributed by atoms with Gasteiger partial charge in [0.2, 0.25) is 0 Å². The van der Waals surface area contributed by atoms with Gasteiger partial charge in [-0.25, -0.2) is 4.98 Å². The maximum atomic E-state index is 12.2. The number of nitrogens with zero attached hydrogens (tertiary/aromatic N) is 3. The van der Waals surface area contributed by atoms with Gasteiger partial charge in [0.15, 0.2) is 5.82 Å². The van der Waals surface area contributed by atoms with Crippen molar-refractivity contribution in [2.75, 3.05) is 18.0 Å². The van der Waals surface area contributed by atoms with Crippen molar-refractivity contribution in [1.29, 1.82) is 0 Å². The summed E-state index contributed by atoms with van der Waals surface area (Å²) >= 11 is 0. The molecule has 2 aliphatic rings. The van der Waals surface area contributed by atoms with Crippen LogP contribution in [-0.2, 0) is 4.79 Å². The molecule has 1 aromatic rings. The summed E-state index contributed by atoms with van der Waals surface area (Å²) in [6.45, 7) is 1.23. The van der Waals surface area contributed by atoms with Gasteiger partial charge in [-0.1, -0.05) is 0 Å². The first-order valence-electron chi connectivity index (χ1n) is 6.19.